The topological polar surface area (TPSA) is 77.3 Å². The Bertz CT molecular complexity index is 5460. The Morgan fingerprint density at radius 3 is 0.847 bits per heavy atom. The number of hydrogen-bond acceptors (Lipinski definition) is 6. The minimum atomic E-state index is 0.654. The molecule has 0 bridgehead atoms. The van der Waals surface area contributed by atoms with E-state index in [0.717, 1.165) is 57.3 Å². The second-order valence-electron chi connectivity index (χ2n) is 24.9. The van der Waals surface area contributed by atoms with Crippen molar-refractivity contribution in [2.75, 3.05) is 0 Å². The van der Waals surface area contributed by atoms with Gasteiger partial charge in [0.2, 0.25) is 0 Å². The van der Waals surface area contributed by atoms with Crippen molar-refractivity contribution in [2.45, 2.75) is 12.8 Å². The van der Waals surface area contributed by atoms with Gasteiger partial charge in [-0.1, -0.05) is 309 Å². The molecule has 6 heteroatoms. The number of nitrogens with zero attached hydrogens (tertiary/aromatic N) is 6. The van der Waals surface area contributed by atoms with E-state index in [1.807, 2.05) is 121 Å². The molecule has 16 aromatic rings. The highest BCUT2D eigenvalue weighted by Gasteiger charge is 2.28. The molecule has 0 atom stereocenters. The third kappa shape index (κ3) is 11.8. The summed E-state index contributed by atoms with van der Waals surface area (Å²) in [5.41, 5.74) is 31.0. The first-order valence-electron chi connectivity index (χ1n) is 33.3. The van der Waals surface area contributed by atoms with E-state index in [4.69, 9.17) is 29.9 Å². The highest BCUT2D eigenvalue weighted by molar-refractivity contribution is 5.94. The zero-order valence-corrected chi connectivity index (χ0v) is 53.6. The smallest absolute Gasteiger partial charge is 0.164 e. The quantitative estimate of drug-likeness (QED) is 0.121. The molecule has 2 aliphatic rings. The van der Waals surface area contributed by atoms with E-state index in [1.54, 1.807) is 0 Å². The predicted molar refractivity (Wildman–Crippen MR) is 401 cm³/mol. The molecule has 0 saturated heterocycles. The zero-order chi connectivity index (χ0) is 65.1. The molecule has 14 aromatic carbocycles. The number of benzene rings is 14. The summed E-state index contributed by atoms with van der Waals surface area (Å²) in [6, 6.07) is 124. The zero-order valence-electron chi connectivity index (χ0n) is 53.6. The van der Waals surface area contributed by atoms with Gasteiger partial charge in [0.15, 0.2) is 34.9 Å². The van der Waals surface area contributed by atoms with Crippen LogP contribution in [0.5, 0.6) is 0 Å². The van der Waals surface area contributed by atoms with E-state index in [9.17, 15) is 0 Å². The van der Waals surface area contributed by atoms with Crippen molar-refractivity contribution in [1.29, 1.82) is 0 Å². The van der Waals surface area contributed by atoms with Crippen LogP contribution in [0.15, 0.2) is 352 Å². The molecule has 0 fully saturated rings. The lowest BCUT2D eigenvalue weighted by atomic mass is 9.90. The molecule has 2 heterocycles. The van der Waals surface area contributed by atoms with Crippen LogP contribution < -0.4 is 0 Å². The first-order chi connectivity index (χ1) is 48.5. The lowest BCUT2D eigenvalue weighted by Gasteiger charge is -2.15. The molecule has 0 spiro atoms. The van der Waals surface area contributed by atoms with Gasteiger partial charge in [-0.25, -0.2) is 29.9 Å². The van der Waals surface area contributed by atoms with Crippen LogP contribution >= 0.6 is 0 Å². The average molecular weight is 1250 g/mol. The maximum absolute atomic E-state index is 5.02. The Balaban J connectivity index is 0.000000147. The van der Waals surface area contributed by atoms with E-state index >= 15 is 0 Å². The summed E-state index contributed by atoms with van der Waals surface area (Å²) in [6.07, 6.45) is 1.75. The fourth-order valence-corrected chi connectivity index (χ4v) is 13.9. The molecule has 98 heavy (non-hydrogen) atoms. The van der Waals surface area contributed by atoms with Crippen LogP contribution in [0.3, 0.4) is 0 Å². The summed E-state index contributed by atoms with van der Waals surface area (Å²) < 4.78 is 0. The average Bonchev–Trinajstić information content (AvgIpc) is 1.58. The van der Waals surface area contributed by atoms with Crippen molar-refractivity contribution in [3.63, 3.8) is 0 Å². The van der Waals surface area contributed by atoms with Gasteiger partial charge in [-0.15, -0.1) is 0 Å². The van der Waals surface area contributed by atoms with Gasteiger partial charge in [0, 0.05) is 33.4 Å². The van der Waals surface area contributed by atoms with Crippen LogP contribution in [0.4, 0.5) is 0 Å². The third-order valence-electron chi connectivity index (χ3n) is 18.8. The Morgan fingerprint density at radius 2 is 0.418 bits per heavy atom. The van der Waals surface area contributed by atoms with Crippen molar-refractivity contribution >= 4 is 0 Å². The maximum atomic E-state index is 5.02. The van der Waals surface area contributed by atoms with Crippen molar-refractivity contribution in [2.24, 2.45) is 0 Å². The number of hydrogen-bond donors (Lipinski definition) is 0. The first-order valence-corrected chi connectivity index (χ1v) is 33.3. The van der Waals surface area contributed by atoms with Gasteiger partial charge in [0.1, 0.15) is 0 Å². The molecule has 0 amide bonds. The molecule has 0 unspecified atom stereocenters. The van der Waals surface area contributed by atoms with E-state index < -0.39 is 0 Å². The summed E-state index contributed by atoms with van der Waals surface area (Å²) in [6.45, 7) is 0. The van der Waals surface area contributed by atoms with Crippen LogP contribution in [0.2, 0.25) is 0 Å². The van der Waals surface area contributed by atoms with E-state index in [-0.39, 0.29) is 0 Å². The minimum Gasteiger partial charge on any atom is -0.208 e. The first kappa shape index (κ1) is 58.9. The standard InChI is InChI=1S/2C46H31N3/c1-5-15-31(16-6-1)37-28-40(32-17-7-2-8-18-32)43-30-42-38(25-14-26-39(42)41(43)29-37)35-23-13-24-36(27-35)46-48-44(33-19-9-3-10-20-33)47-45(49-46)34-21-11-4-12-22-34;1-5-14-31(15-6-1)35-24-25-37-28-42-41(29-39(30-43(42)40(37)27-35)32-16-7-2-8-17-32)36-22-13-23-38(26-36)46-48-44(33-18-9-3-10-19-33)47-45(49-46)34-20-11-4-12-21-34/h1-29H,30H2;1-27,29-30H,28H2. The molecule has 18 rings (SSSR count). The number of rotatable bonds is 12. The van der Waals surface area contributed by atoms with Crippen LogP contribution in [0, 0.1) is 0 Å². The lowest BCUT2D eigenvalue weighted by molar-refractivity contribution is 1.07. The van der Waals surface area contributed by atoms with Crippen molar-refractivity contribution in [1.82, 2.24) is 29.9 Å². The molecule has 460 valence electrons. The maximum Gasteiger partial charge on any atom is 0.164 e. The summed E-state index contributed by atoms with van der Waals surface area (Å²) >= 11 is 0. The third-order valence-corrected chi connectivity index (χ3v) is 18.8. The predicted octanol–water partition coefficient (Wildman–Crippen LogP) is 22.9. The van der Waals surface area contributed by atoms with Crippen LogP contribution in [-0.2, 0) is 12.8 Å². The van der Waals surface area contributed by atoms with Crippen molar-refractivity contribution in [3.8, 4) is 157 Å². The summed E-state index contributed by atoms with van der Waals surface area (Å²) in [7, 11) is 0. The molecule has 0 saturated carbocycles. The highest BCUT2D eigenvalue weighted by Crippen LogP contribution is 2.49. The summed E-state index contributed by atoms with van der Waals surface area (Å²) in [4.78, 5) is 29.8. The van der Waals surface area contributed by atoms with Gasteiger partial charge >= 0.3 is 0 Å². The Kier molecular flexibility index (Phi) is 15.7. The lowest BCUT2D eigenvalue weighted by Crippen LogP contribution is -2.00. The van der Waals surface area contributed by atoms with Gasteiger partial charge in [-0.2, -0.15) is 0 Å². The fraction of sp³-hybridized carbons (Fsp3) is 0.0217. The van der Waals surface area contributed by atoms with Crippen LogP contribution in [0.25, 0.3) is 157 Å². The Labute approximate surface area is 570 Å². The molecule has 0 N–H and O–H groups in total. The second kappa shape index (κ2) is 26.1. The molecular formula is C92H62N6. The molecule has 6 nitrogen and oxygen atoms in total. The molecular weight excluding hydrogens is 1190 g/mol. The van der Waals surface area contributed by atoms with E-state index in [0.29, 0.717) is 34.9 Å². The highest BCUT2D eigenvalue weighted by atomic mass is 15.0. The molecule has 0 radical (unpaired) electrons. The number of fused-ring (bicyclic) bond motifs is 6. The number of aromatic nitrogens is 6. The van der Waals surface area contributed by atoms with Crippen LogP contribution in [0.1, 0.15) is 22.3 Å². The Hall–Kier alpha value is -12.9. The van der Waals surface area contributed by atoms with E-state index in [1.165, 1.54) is 100 Å². The second-order valence-corrected chi connectivity index (χ2v) is 24.9. The van der Waals surface area contributed by atoms with Crippen molar-refractivity contribution in [3.05, 3.63) is 374 Å². The van der Waals surface area contributed by atoms with Crippen LogP contribution in [-0.4, -0.2) is 29.9 Å². The minimum absolute atomic E-state index is 0.654. The van der Waals surface area contributed by atoms with E-state index in [2.05, 4.69) is 231 Å². The largest absolute Gasteiger partial charge is 0.208 e. The van der Waals surface area contributed by atoms with Gasteiger partial charge < -0.3 is 0 Å². The molecule has 2 aromatic heterocycles. The van der Waals surface area contributed by atoms with Crippen molar-refractivity contribution < 1.29 is 0 Å². The van der Waals surface area contributed by atoms with Gasteiger partial charge in [-0.05, 0) is 167 Å². The monoisotopic (exact) mass is 1250 g/mol. The van der Waals surface area contributed by atoms with Gasteiger partial charge in [-0.3, -0.25) is 0 Å². The Morgan fingerprint density at radius 1 is 0.143 bits per heavy atom. The summed E-state index contributed by atoms with van der Waals surface area (Å²) in [5, 5.41) is 0. The van der Waals surface area contributed by atoms with Gasteiger partial charge in [0.25, 0.3) is 0 Å². The molecule has 0 aliphatic heterocycles. The molecule has 2 aliphatic carbocycles. The summed E-state index contributed by atoms with van der Waals surface area (Å²) in [5.74, 6) is 3.95. The fourth-order valence-electron chi connectivity index (χ4n) is 13.9. The normalized spacial score (nSPS) is 11.6. The van der Waals surface area contributed by atoms with Gasteiger partial charge in [0.05, 0.1) is 0 Å². The SMILES string of the molecule is c1ccc(-c2cc(-c3ccccc3)c3c(c2)-c2cccc(-c4cccc(-c5nc(-c6ccccc6)nc(-c6ccccc6)n5)c4)c2C3)cc1.c1ccc(-c2ccc3c(c2)-c2cc(-c4ccccc4)cc(-c4cccc(-c5nc(-c6ccccc6)nc(-c6ccccc6)n5)c4)c2C3)cc1.